The molecule has 0 saturated heterocycles. The molecule has 0 saturated carbocycles. The van der Waals surface area contributed by atoms with Gasteiger partial charge in [0.15, 0.2) is 0 Å². The summed E-state index contributed by atoms with van der Waals surface area (Å²) in [4.78, 5) is 4.33. The lowest BCUT2D eigenvalue weighted by atomic mass is 10.1. The molecular formula is C15H10N4O. The first-order valence-corrected chi connectivity index (χ1v) is 5.96. The van der Waals surface area contributed by atoms with E-state index in [9.17, 15) is 0 Å². The number of nitrogen functional groups attached to an aromatic ring is 1. The number of hydrogen-bond donors (Lipinski definition) is 1. The van der Waals surface area contributed by atoms with Crippen LogP contribution in [0.15, 0.2) is 53.1 Å². The van der Waals surface area contributed by atoms with Gasteiger partial charge in [0.1, 0.15) is 0 Å². The highest BCUT2D eigenvalue weighted by Gasteiger charge is 2.10. The van der Waals surface area contributed by atoms with Gasteiger partial charge in [-0.05, 0) is 42.5 Å². The summed E-state index contributed by atoms with van der Waals surface area (Å²) >= 11 is 0. The first kappa shape index (κ1) is 11.9. The third-order valence-corrected chi connectivity index (χ3v) is 2.83. The van der Waals surface area contributed by atoms with Crippen molar-refractivity contribution in [2.24, 2.45) is 0 Å². The molecule has 0 radical (unpaired) electrons. The zero-order chi connectivity index (χ0) is 13.9. The SMILES string of the molecule is N#Cc1cccc(-c2nc(-c3ccc(N)cc3)no2)c1. The van der Waals surface area contributed by atoms with E-state index < -0.39 is 0 Å². The van der Waals surface area contributed by atoms with Gasteiger partial charge < -0.3 is 10.3 Å². The molecule has 2 N–H and O–H groups in total. The standard InChI is InChI=1S/C15H10N4O/c16-9-10-2-1-3-12(8-10)15-18-14(19-20-15)11-4-6-13(17)7-5-11/h1-8H,17H2. The molecule has 0 atom stereocenters. The highest BCUT2D eigenvalue weighted by Crippen LogP contribution is 2.23. The Balaban J connectivity index is 1.97. The summed E-state index contributed by atoms with van der Waals surface area (Å²) in [5.74, 6) is 0.872. The van der Waals surface area contributed by atoms with Gasteiger partial charge in [-0.15, -0.1) is 0 Å². The summed E-state index contributed by atoms with van der Waals surface area (Å²) < 4.78 is 5.23. The Kier molecular flexibility index (Phi) is 2.90. The van der Waals surface area contributed by atoms with Crippen molar-refractivity contribution in [2.45, 2.75) is 0 Å². The second kappa shape index (κ2) is 4.86. The molecule has 96 valence electrons. The highest BCUT2D eigenvalue weighted by atomic mass is 16.5. The number of aromatic nitrogens is 2. The van der Waals surface area contributed by atoms with Crippen LogP contribution in [0.2, 0.25) is 0 Å². The molecule has 2 aromatic carbocycles. The van der Waals surface area contributed by atoms with Crippen LogP contribution in [0.3, 0.4) is 0 Å². The summed E-state index contributed by atoms with van der Waals surface area (Å²) in [7, 11) is 0. The third kappa shape index (κ3) is 2.22. The topological polar surface area (TPSA) is 88.7 Å². The van der Waals surface area contributed by atoms with Crippen LogP contribution in [-0.4, -0.2) is 10.1 Å². The van der Waals surface area contributed by atoms with E-state index in [1.807, 2.05) is 18.2 Å². The van der Waals surface area contributed by atoms with Crippen LogP contribution in [0.5, 0.6) is 0 Å². The molecule has 1 aromatic heterocycles. The fourth-order valence-corrected chi connectivity index (χ4v) is 1.81. The molecule has 0 spiro atoms. The van der Waals surface area contributed by atoms with Gasteiger partial charge in [0, 0.05) is 16.8 Å². The minimum atomic E-state index is 0.383. The van der Waals surface area contributed by atoms with Crippen molar-refractivity contribution >= 4 is 5.69 Å². The lowest BCUT2D eigenvalue weighted by molar-refractivity contribution is 0.432. The predicted molar refractivity (Wildman–Crippen MR) is 74.3 cm³/mol. The van der Waals surface area contributed by atoms with Crippen molar-refractivity contribution < 1.29 is 4.52 Å². The lowest BCUT2D eigenvalue weighted by Gasteiger charge is -1.95. The molecule has 0 fully saturated rings. The normalized spacial score (nSPS) is 10.2. The molecule has 3 aromatic rings. The minimum Gasteiger partial charge on any atom is -0.399 e. The molecule has 3 rings (SSSR count). The fourth-order valence-electron chi connectivity index (χ4n) is 1.81. The third-order valence-electron chi connectivity index (χ3n) is 2.83. The average Bonchev–Trinajstić information content (AvgIpc) is 2.98. The van der Waals surface area contributed by atoms with Crippen molar-refractivity contribution in [1.82, 2.24) is 10.1 Å². The monoisotopic (exact) mass is 262 g/mol. The molecule has 0 aliphatic heterocycles. The molecule has 5 heteroatoms. The van der Waals surface area contributed by atoms with E-state index in [0.717, 1.165) is 11.1 Å². The largest absolute Gasteiger partial charge is 0.399 e. The number of rotatable bonds is 2. The highest BCUT2D eigenvalue weighted by molar-refractivity contribution is 5.62. The van der Waals surface area contributed by atoms with Gasteiger partial charge in [0.25, 0.3) is 5.89 Å². The first-order chi connectivity index (χ1) is 9.76. The fraction of sp³-hybridized carbons (Fsp3) is 0. The molecule has 5 nitrogen and oxygen atoms in total. The van der Waals surface area contributed by atoms with E-state index in [1.54, 1.807) is 30.3 Å². The number of nitriles is 1. The van der Waals surface area contributed by atoms with Crippen molar-refractivity contribution in [2.75, 3.05) is 5.73 Å². The van der Waals surface area contributed by atoms with Crippen LogP contribution in [-0.2, 0) is 0 Å². The molecule has 0 aliphatic carbocycles. The molecule has 0 unspecified atom stereocenters. The summed E-state index contributed by atoms with van der Waals surface area (Å²) in [5.41, 5.74) is 8.41. The maximum atomic E-state index is 8.89. The summed E-state index contributed by atoms with van der Waals surface area (Å²) in [6.45, 7) is 0. The van der Waals surface area contributed by atoms with Gasteiger partial charge in [-0.2, -0.15) is 10.2 Å². The van der Waals surface area contributed by atoms with Crippen LogP contribution in [0, 0.1) is 11.3 Å². The van der Waals surface area contributed by atoms with Gasteiger partial charge in [-0.25, -0.2) is 0 Å². The van der Waals surface area contributed by atoms with Crippen molar-refractivity contribution in [1.29, 1.82) is 5.26 Å². The van der Waals surface area contributed by atoms with Crippen molar-refractivity contribution in [3.05, 3.63) is 54.1 Å². The van der Waals surface area contributed by atoms with E-state index in [4.69, 9.17) is 15.5 Å². The van der Waals surface area contributed by atoms with Crippen LogP contribution >= 0.6 is 0 Å². The Morgan fingerprint density at radius 3 is 2.60 bits per heavy atom. The minimum absolute atomic E-state index is 0.383. The number of nitrogens with two attached hydrogens (primary N) is 1. The Bertz CT molecular complexity index is 784. The average molecular weight is 262 g/mol. The Hall–Kier alpha value is -3.13. The molecule has 0 aliphatic rings. The van der Waals surface area contributed by atoms with Crippen LogP contribution < -0.4 is 5.73 Å². The Morgan fingerprint density at radius 2 is 1.85 bits per heavy atom. The number of hydrogen-bond acceptors (Lipinski definition) is 5. The van der Waals surface area contributed by atoms with E-state index in [0.29, 0.717) is 23.0 Å². The second-order valence-electron chi connectivity index (χ2n) is 4.24. The predicted octanol–water partition coefficient (Wildman–Crippen LogP) is 2.86. The molecule has 1 heterocycles. The smallest absolute Gasteiger partial charge is 0.258 e. The van der Waals surface area contributed by atoms with Gasteiger partial charge in [0.2, 0.25) is 5.82 Å². The molecule has 20 heavy (non-hydrogen) atoms. The molecular weight excluding hydrogens is 252 g/mol. The van der Waals surface area contributed by atoms with E-state index in [2.05, 4.69) is 16.2 Å². The van der Waals surface area contributed by atoms with Crippen LogP contribution in [0.1, 0.15) is 5.56 Å². The van der Waals surface area contributed by atoms with Crippen LogP contribution in [0.25, 0.3) is 22.8 Å². The first-order valence-electron chi connectivity index (χ1n) is 5.96. The number of benzene rings is 2. The van der Waals surface area contributed by atoms with Gasteiger partial charge >= 0.3 is 0 Å². The van der Waals surface area contributed by atoms with E-state index in [1.165, 1.54) is 0 Å². The maximum Gasteiger partial charge on any atom is 0.258 e. The second-order valence-corrected chi connectivity index (χ2v) is 4.24. The lowest BCUT2D eigenvalue weighted by Crippen LogP contribution is -1.85. The number of nitrogens with zero attached hydrogens (tertiary/aromatic N) is 3. The van der Waals surface area contributed by atoms with E-state index in [-0.39, 0.29) is 0 Å². The van der Waals surface area contributed by atoms with Gasteiger partial charge in [-0.1, -0.05) is 11.2 Å². The van der Waals surface area contributed by atoms with Crippen molar-refractivity contribution in [3.63, 3.8) is 0 Å². The van der Waals surface area contributed by atoms with Gasteiger partial charge in [-0.3, -0.25) is 0 Å². The Morgan fingerprint density at radius 1 is 1.05 bits per heavy atom. The van der Waals surface area contributed by atoms with Gasteiger partial charge in [0.05, 0.1) is 11.6 Å². The van der Waals surface area contributed by atoms with Crippen molar-refractivity contribution in [3.8, 4) is 28.9 Å². The van der Waals surface area contributed by atoms with E-state index >= 15 is 0 Å². The zero-order valence-corrected chi connectivity index (χ0v) is 10.4. The molecule has 0 bridgehead atoms. The Labute approximate surface area is 115 Å². The van der Waals surface area contributed by atoms with Crippen LogP contribution in [0.4, 0.5) is 5.69 Å². The summed E-state index contributed by atoms with van der Waals surface area (Å²) in [6, 6.07) is 16.3. The zero-order valence-electron chi connectivity index (χ0n) is 10.4. The summed E-state index contributed by atoms with van der Waals surface area (Å²) in [5, 5.41) is 12.8. The summed E-state index contributed by atoms with van der Waals surface area (Å²) in [6.07, 6.45) is 0. The molecule has 0 amide bonds. The quantitative estimate of drug-likeness (QED) is 0.717. The number of anilines is 1. The maximum absolute atomic E-state index is 8.89.